The predicted molar refractivity (Wildman–Crippen MR) is 76.5 cm³/mol. The summed E-state index contributed by atoms with van der Waals surface area (Å²) in [6, 6.07) is 6.65. The molecule has 1 unspecified atom stereocenters. The van der Waals surface area contributed by atoms with E-state index >= 15 is 0 Å². The van der Waals surface area contributed by atoms with E-state index in [0.29, 0.717) is 24.1 Å². The Bertz CT molecular complexity index is 656. The molecular formula is C14H15N3O4. The summed E-state index contributed by atoms with van der Waals surface area (Å²) < 4.78 is 11.1. The van der Waals surface area contributed by atoms with Crippen LogP contribution in [-0.2, 0) is 4.74 Å². The number of benzene rings is 1. The summed E-state index contributed by atoms with van der Waals surface area (Å²) in [5.41, 5.74) is 0.525. The monoisotopic (exact) mass is 289 g/mol. The van der Waals surface area contributed by atoms with Gasteiger partial charge < -0.3 is 14.8 Å². The van der Waals surface area contributed by atoms with E-state index in [-0.39, 0.29) is 24.1 Å². The zero-order valence-corrected chi connectivity index (χ0v) is 11.3. The van der Waals surface area contributed by atoms with Crippen LogP contribution in [0.25, 0.3) is 10.9 Å². The van der Waals surface area contributed by atoms with E-state index in [1.54, 1.807) is 30.5 Å². The average molecular weight is 289 g/mol. The third-order valence-corrected chi connectivity index (χ3v) is 3.33. The molecule has 1 N–H and O–H groups in total. The van der Waals surface area contributed by atoms with Crippen LogP contribution in [0.4, 0.5) is 5.69 Å². The lowest BCUT2D eigenvalue weighted by atomic mass is 10.1. The number of hydrogen-bond donors (Lipinski definition) is 1. The van der Waals surface area contributed by atoms with Gasteiger partial charge >= 0.3 is 5.69 Å². The Labute approximate surface area is 121 Å². The molecule has 1 aliphatic heterocycles. The fourth-order valence-electron chi connectivity index (χ4n) is 2.33. The van der Waals surface area contributed by atoms with Gasteiger partial charge in [-0.1, -0.05) is 0 Å². The van der Waals surface area contributed by atoms with E-state index in [9.17, 15) is 10.1 Å². The lowest BCUT2D eigenvalue weighted by Gasteiger charge is -2.23. The third-order valence-electron chi connectivity index (χ3n) is 3.33. The van der Waals surface area contributed by atoms with Crippen LogP contribution in [0.5, 0.6) is 5.75 Å². The van der Waals surface area contributed by atoms with Gasteiger partial charge in [0.2, 0.25) is 0 Å². The molecule has 1 aromatic carbocycles. The number of rotatable bonds is 4. The molecule has 1 aromatic heterocycles. The second-order valence-corrected chi connectivity index (χ2v) is 4.75. The van der Waals surface area contributed by atoms with Gasteiger partial charge in [-0.15, -0.1) is 0 Å². The predicted octanol–water partition coefficient (Wildman–Crippen LogP) is 1.51. The molecule has 0 amide bonds. The average Bonchev–Trinajstić information content (AvgIpc) is 2.53. The normalized spacial score (nSPS) is 18.6. The van der Waals surface area contributed by atoms with E-state index in [1.807, 2.05) is 0 Å². The van der Waals surface area contributed by atoms with Gasteiger partial charge in [-0.25, -0.2) is 0 Å². The quantitative estimate of drug-likeness (QED) is 0.678. The Morgan fingerprint density at radius 1 is 1.48 bits per heavy atom. The second-order valence-electron chi connectivity index (χ2n) is 4.75. The highest BCUT2D eigenvalue weighted by Crippen LogP contribution is 2.34. The van der Waals surface area contributed by atoms with Crippen molar-refractivity contribution in [3.8, 4) is 5.75 Å². The number of ether oxygens (including phenoxy) is 2. The van der Waals surface area contributed by atoms with E-state index < -0.39 is 4.92 Å². The molecule has 0 bridgehead atoms. The summed E-state index contributed by atoms with van der Waals surface area (Å²) in [5.74, 6) is 0.245. The molecule has 1 atom stereocenters. The molecule has 1 aliphatic rings. The highest BCUT2D eigenvalue weighted by molar-refractivity contribution is 5.90. The van der Waals surface area contributed by atoms with E-state index in [4.69, 9.17) is 9.47 Å². The van der Waals surface area contributed by atoms with Crippen molar-refractivity contribution >= 4 is 16.6 Å². The number of nitrogens with one attached hydrogen (secondary N) is 1. The number of pyridine rings is 1. The number of aromatic nitrogens is 1. The van der Waals surface area contributed by atoms with Gasteiger partial charge in [0.25, 0.3) is 0 Å². The lowest BCUT2D eigenvalue weighted by molar-refractivity contribution is -0.384. The van der Waals surface area contributed by atoms with Crippen LogP contribution in [0.15, 0.2) is 30.5 Å². The molecule has 1 fully saturated rings. The van der Waals surface area contributed by atoms with Crippen molar-refractivity contribution in [1.29, 1.82) is 0 Å². The molecule has 0 spiro atoms. The van der Waals surface area contributed by atoms with Gasteiger partial charge in [-0.2, -0.15) is 0 Å². The highest BCUT2D eigenvalue weighted by Gasteiger charge is 2.22. The Morgan fingerprint density at radius 3 is 3.14 bits per heavy atom. The minimum absolute atomic E-state index is 0.0515. The summed E-state index contributed by atoms with van der Waals surface area (Å²) in [6.07, 6.45) is 1.51. The zero-order valence-electron chi connectivity index (χ0n) is 11.3. The van der Waals surface area contributed by atoms with Crippen molar-refractivity contribution in [2.24, 2.45) is 0 Å². The maximum atomic E-state index is 11.3. The van der Waals surface area contributed by atoms with Crippen molar-refractivity contribution in [2.75, 3.05) is 26.3 Å². The number of nitro groups is 1. The summed E-state index contributed by atoms with van der Waals surface area (Å²) in [7, 11) is 0. The standard InChI is InChI=1S/C14H15N3O4/c18-17(19)14-11-2-1-5-16-12(11)3-4-13(14)21-9-10-8-15-6-7-20-10/h1-5,10,15H,6-9H2. The maximum Gasteiger partial charge on any atom is 0.320 e. The van der Waals surface area contributed by atoms with Crippen LogP contribution in [0.1, 0.15) is 0 Å². The summed E-state index contributed by atoms with van der Waals surface area (Å²) in [6.45, 7) is 2.40. The first-order chi connectivity index (χ1) is 10.3. The number of morpholine rings is 1. The van der Waals surface area contributed by atoms with Gasteiger partial charge in [0.05, 0.1) is 22.4 Å². The number of nitrogens with zero attached hydrogens (tertiary/aromatic N) is 2. The van der Waals surface area contributed by atoms with Gasteiger partial charge in [0.15, 0.2) is 5.75 Å². The van der Waals surface area contributed by atoms with Crippen LogP contribution < -0.4 is 10.1 Å². The lowest BCUT2D eigenvalue weighted by Crippen LogP contribution is -2.41. The first-order valence-corrected chi connectivity index (χ1v) is 6.73. The molecule has 7 heteroatoms. The molecule has 2 aromatic rings. The molecule has 7 nitrogen and oxygen atoms in total. The number of hydrogen-bond acceptors (Lipinski definition) is 6. The number of fused-ring (bicyclic) bond motifs is 1. The fourth-order valence-corrected chi connectivity index (χ4v) is 2.33. The molecule has 3 rings (SSSR count). The summed E-state index contributed by atoms with van der Waals surface area (Å²) in [5, 5.41) is 15.0. The van der Waals surface area contributed by atoms with Crippen molar-refractivity contribution in [3.05, 3.63) is 40.6 Å². The van der Waals surface area contributed by atoms with Crippen LogP contribution in [0, 0.1) is 10.1 Å². The maximum absolute atomic E-state index is 11.3. The largest absolute Gasteiger partial charge is 0.484 e. The van der Waals surface area contributed by atoms with Crippen molar-refractivity contribution in [1.82, 2.24) is 10.3 Å². The van der Waals surface area contributed by atoms with Crippen LogP contribution in [-0.4, -0.2) is 42.3 Å². The van der Waals surface area contributed by atoms with E-state index in [1.165, 1.54) is 0 Å². The fraction of sp³-hybridized carbons (Fsp3) is 0.357. The Hall–Kier alpha value is -2.25. The summed E-state index contributed by atoms with van der Waals surface area (Å²) in [4.78, 5) is 15.0. The van der Waals surface area contributed by atoms with Crippen molar-refractivity contribution in [3.63, 3.8) is 0 Å². The third kappa shape index (κ3) is 2.93. The van der Waals surface area contributed by atoms with Crippen molar-refractivity contribution < 1.29 is 14.4 Å². The van der Waals surface area contributed by atoms with E-state index in [2.05, 4.69) is 10.3 Å². The minimum atomic E-state index is -0.431. The van der Waals surface area contributed by atoms with Gasteiger partial charge in [-0.3, -0.25) is 15.1 Å². The molecule has 1 saturated heterocycles. The molecule has 2 heterocycles. The molecule has 0 aliphatic carbocycles. The van der Waals surface area contributed by atoms with Crippen LogP contribution >= 0.6 is 0 Å². The molecule has 0 radical (unpaired) electrons. The second kappa shape index (κ2) is 6.02. The zero-order chi connectivity index (χ0) is 14.7. The summed E-state index contributed by atoms with van der Waals surface area (Å²) >= 11 is 0. The first kappa shape index (κ1) is 13.7. The molecule has 21 heavy (non-hydrogen) atoms. The molecular weight excluding hydrogens is 274 g/mol. The topological polar surface area (TPSA) is 86.5 Å². The van der Waals surface area contributed by atoms with Crippen molar-refractivity contribution in [2.45, 2.75) is 6.10 Å². The van der Waals surface area contributed by atoms with Gasteiger partial charge in [0, 0.05) is 19.3 Å². The first-order valence-electron chi connectivity index (χ1n) is 6.73. The SMILES string of the molecule is O=[N+]([O-])c1c(OCC2CNCCO2)ccc2ncccc12. The van der Waals surface area contributed by atoms with Gasteiger partial charge in [0.1, 0.15) is 12.7 Å². The Kier molecular flexibility index (Phi) is 3.94. The molecule has 0 saturated carbocycles. The smallest absolute Gasteiger partial charge is 0.320 e. The molecule has 110 valence electrons. The van der Waals surface area contributed by atoms with Crippen LogP contribution in [0.2, 0.25) is 0 Å². The Balaban J connectivity index is 1.87. The van der Waals surface area contributed by atoms with Gasteiger partial charge in [-0.05, 0) is 24.3 Å². The number of nitro benzene ring substituents is 1. The highest BCUT2D eigenvalue weighted by atomic mass is 16.6. The Morgan fingerprint density at radius 2 is 2.38 bits per heavy atom. The van der Waals surface area contributed by atoms with E-state index in [0.717, 1.165) is 6.54 Å². The van der Waals surface area contributed by atoms with Crippen LogP contribution in [0.3, 0.4) is 0 Å². The minimum Gasteiger partial charge on any atom is -0.484 e.